The second-order valence-corrected chi connectivity index (χ2v) is 11.1. The molecule has 1 heterocycles. The van der Waals surface area contributed by atoms with Crippen molar-refractivity contribution in [3.63, 3.8) is 0 Å². The van der Waals surface area contributed by atoms with Crippen LogP contribution in [0.15, 0.2) is 41.3 Å². The van der Waals surface area contributed by atoms with E-state index in [1.54, 1.807) is 12.1 Å². The molecule has 0 fully saturated rings. The average Bonchev–Trinajstić information content (AvgIpc) is 3.17. The lowest BCUT2D eigenvalue weighted by molar-refractivity contribution is 0.0811. The zero-order valence-electron chi connectivity index (χ0n) is 18.6. The minimum atomic E-state index is -3.50. The minimum absolute atomic E-state index is 0.0374. The lowest BCUT2D eigenvalue weighted by Gasteiger charge is -2.09. The Kier molecular flexibility index (Phi) is 8.61. The number of nitrogens with one attached hydrogen (secondary N) is 2. The fourth-order valence-corrected chi connectivity index (χ4v) is 5.53. The molecule has 0 aliphatic carbocycles. The van der Waals surface area contributed by atoms with Crippen LogP contribution in [0.1, 0.15) is 34.6 Å². The molecule has 0 radical (unpaired) electrons. The molecule has 2 aromatic carbocycles. The number of carbonyl (C=O) groups excluding carboxylic acids is 2. The number of sulfone groups is 1. The summed E-state index contributed by atoms with van der Waals surface area (Å²) >= 11 is 7.27. The lowest BCUT2D eigenvalue weighted by Crippen LogP contribution is -2.27. The highest BCUT2D eigenvalue weighted by Gasteiger charge is 2.19. The van der Waals surface area contributed by atoms with Crippen molar-refractivity contribution in [1.29, 1.82) is 0 Å². The number of carbonyl (C=O) groups is 2. The van der Waals surface area contributed by atoms with Crippen LogP contribution in [-0.2, 0) is 14.6 Å². The second-order valence-electron chi connectivity index (χ2n) is 7.62. The standard InChI is InChI=1S/C22H25ClN4O5S2/c1-13(2)32-10-8-25-9-11-34(30,31)14-6-7-17-18(12-14)33-22(26-17)27-21(29)16-5-3-4-15(19(16)23)20(24)28/h3-7,12-13,25H,8-11H2,1-2H3,(H2,24,28)(H,26,27,29). The Morgan fingerprint density at radius 3 is 2.62 bits per heavy atom. The number of ether oxygens (including phenoxy) is 1. The van der Waals surface area contributed by atoms with E-state index < -0.39 is 21.7 Å². The quantitative estimate of drug-likeness (QED) is 0.327. The van der Waals surface area contributed by atoms with Crippen LogP contribution in [0.2, 0.25) is 5.02 Å². The van der Waals surface area contributed by atoms with E-state index in [1.165, 1.54) is 24.3 Å². The highest BCUT2D eigenvalue weighted by atomic mass is 35.5. The van der Waals surface area contributed by atoms with Crippen molar-refractivity contribution in [2.75, 3.05) is 30.8 Å². The van der Waals surface area contributed by atoms with E-state index in [2.05, 4.69) is 15.6 Å². The predicted molar refractivity (Wildman–Crippen MR) is 134 cm³/mol. The number of benzene rings is 2. The van der Waals surface area contributed by atoms with Crippen molar-refractivity contribution >= 4 is 59.9 Å². The molecular formula is C22H25ClN4O5S2. The molecule has 34 heavy (non-hydrogen) atoms. The molecule has 4 N–H and O–H groups in total. The SMILES string of the molecule is CC(C)OCCNCCS(=O)(=O)c1ccc2nc(NC(=O)c3cccc(C(N)=O)c3Cl)sc2c1. The van der Waals surface area contributed by atoms with Crippen LogP contribution in [0.5, 0.6) is 0 Å². The molecule has 3 rings (SSSR count). The summed E-state index contributed by atoms with van der Waals surface area (Å²) in [7, 11) is -3.50. The summed E-state index contributed by atoms with van der Waals surface area (Å²) < 4.78 is 31.4. The maximum absolute atomic E-state index is 12.7. The van der Waals surface area contributed by atoms with Crippen molar-refractivity contribution in [2.45, 2.75) is 24.8 Å². The molecule has 0 spiro atoms. The third-order valence-corrected chi connectivity index (χ3v) is 7.78. The van der Waals surface area contributed by atoms with Gasteiger partial charge in [-0.25, -0.2) is 13.4 Å². The average molecular weight is 525 g/mol. The molecule has 0 aliphatic heterocycles. The van der Waals surface area contributed by atoms with Gasteiger partial charge in [0.2, 0.25) is 5.91 Å². The number of rotatable bonds is 11. The number of fused-ring (bicyclic) bond motifs is 1. The molecule has 1 aromatic heterocycles. The predicted octanol–water partition coefficient (Wildman–Crippen LogP) is 3.09. The first-order chi connectivity index (χ1) is 16.1. The monoisotopic (exact) mass is 524 g/mol. The van der Waals surface area contributed by atoms with Crippen molar-refractivity contribution in [3.8, 4) is 0 Å². The number of aromatic nitrogens is 1. The van der Waals surface area contributed by atoms with Gasteiger partial charge in [0, 0.05) is 13.1 Å². The van der Waals surface area contributed by atoms with E-state index in [-0.39, 0.29) is 38.0 Å². The smallest absolute Gasteiger partial charge is 0.258 e. The van der Waals surface area contributed by atoms with Crippen LogP contribution in [-0.4, -0.2) is 56.8 Å². The molecule has 0 saturated carbocycles. The second kappa shape index (κ2) is 11.2. The van der Waals surface area contributed by atoms with Gasteiger partial charge in [0.05, 0.1) is 49.7 Å². The van der Waals surface area contributed by atoms with Crippen LogP contribution >= 0.6 is 22.9 Å². The first kappa shape index (κ1) is 26.0. The lowest BCUT2D eigenvalue weighted by atomic mass is 10.1. The summed E-state index contributed by atoms with van der Waals surface area (Å²) in [6.07, 6.45) is 0.128. The summed E-state index contributed by atoms with van der Waals surface area (Å²) in [6.45, 7) is 5.26. The van der Waals surface area contributed by atoms with Crippen molar-refractivity contribution in [2.24, 2.45) is 5.73 Å². The summed E-state index contributed by atoms with van der Waals surface area (Å²) in [4.78, 5) is 28.6. The van der Waals surface area contributed by atoms with Crippen LogP contribution < -0.4 is 16.4 Å². The largest absolute Gasteiger partial charge is 0.377 e. The number of thiazole rings is 1. The van der Waals surface area contributed by atoms with Crippen LogP contribution in [0, 0.1) is 0 Å². The molecule has 0 bridgehead atoms. The molecular weight excluding hydrogens is 500 g/mol. The van der Waals surface area contributed by atoms with Gasteiger partial charge in [-0.15, -0.1) is 0 Å². The molecule has 3 aromatic rings. The van der Waals surface area contributed by atoms with Crippen molar-refractivity contribution < 1.29 is 22.7 Å². The minimum Gasteiger partial charge on any atom is -0.377 e. The van der Waals surface area contributed by atoms with Gasteiger partial charge < -0.3 is 15.8 Å². The number of hydrogen-bond acceptors (Lipinski definition) is 8. The molecule has 0 unspecified atom stereocenters. The summed E-state index contributed by atoms with van der Waals surface area (Å²) in [5, 5.41) is 5.91. The summed E-state index contributed by atoms with van der Waals surface area (Å²) in [5.41, 5.74) is 5.93. The van der Waals surface area contributed by atoms with Gasteiger partial charge in [-0.1, -0.05) is 29.0 Å². The van der Waals surface area contributed by atoms with Gasteiger partial charge in [0.1, 0.15) is 0 Å². The Labute approximate surface area is 206 Å². The van der Waals surface area contributed by atoms with Crippen molar-refractivity contribution in [1.82, 2.24) is 10.3 Å². The van der Waals surface area contributed by atoms with E-state index in [1.807, 2.05) is 13.8 Å². The highest BCUT2D eigenvalue weighted by molar-refractivity contribution is 7.91. The topological polar surface area (TPSA) is 140 Å². The van der Waals surface area contributed by atoms with E-state index in [0.717, 1.165) is 11.3 Å². The highest BCUT2D eigenvalue weighted by Crippen LogP contribution is 2.29. The molecule has 0 aliphatic rings. The van der Waals surface area contributed by atoms with Crippen LogP contribution in [0.25, 0.3) is 10.2 Å². The number of hydrogen-bond donors (Lipinski definition) is 3. The number of nitrogens with zero attached hydrogens (tertiary/aromatic N) is 1. The number of halogens is 1. The molecule has 2 amide bonds. The fraction of sp³-hybridized carbons (Fsp3) is 0.318. The van der Waals surface area contributed by atoms with Gasteiger partial charge in [-0.2, -0.15) is 0 Å². The van der Waals surface area contributed by atoms with Crippen LogP contribution in [0.4, 0.5) is 5.13 Å². The molecule has 182 valence electrons. The molecule has 0 atom stereocenters. The van der Waals surface area contributed by atoms with Gasteiger partial charge in [0.25, 0.3) is 5.91 Å². The van der Waals surface area contributed by atoms with Crippen LogP contribution in [0.3, 0.4) is 0 Å². The molecule has 0 saturated heterocycles. The first-order valence-electron chi connectivity index (χ1n) is 10.4. The fourth-order valence-electron chi connectivity index (χ4n) is 3.03. The Hall–Kier alpha value is -2.57. The Morgan fingerprint density at radius 1 is 1.18 bits per heavy atom. The normalized spacial score (nSPS) is 11.8. The Balaban J connectivity index is 1.69. The number of nitrogens with two attached hydrogens (primary N) is 1. The van der Waals surface area contributed by atoms with Crippen molar-refractivity contribution in [3.05, 3.63) is 52.5 Å². The maximum atomic E-state index is 12.7. The van der Waals surface area contributed by atoms with Gasteiger partial charge >= 0.3 is 0 Å². The Bertz CT molecular complexity index is 1310. The first-order valence-corrected chi connectivity index (χ1v) is 13.3. The number of primary amides is 1. The van der Waals surface area contributed by atoms with E-state index in [4.69, 9.17) is 22.1 Å². The summed E-state index contributed by atoms with van der Waals surface area (Å²) in [5.74, 6) is -1.36. The van der Waals surface area contributed by atoms with E-state index in [9.17, 15) is 18.0 Å². The third-order valence-electron chi connectivity index (χ3n) is 4.73. The molecule has 12 heteroatoms. The van der Waals surface area contributed by atoms with Gasteiger partial charge in [-0.3, -0.25) is 14.9 Å². The zero-order chi connectivity index (χ0) is 24.9. The summed E-state index contributed by atoms with van der Waals surface area (Å²) in [6, 6.07) is 9.03. The molecule has 9 nitrogen and oxygen atoms in total. The third kappa shape index (κ3) is 6.51. The Morgan fingerprint density at radius 2 is 1.91 bits per heavy atom. The van der Waals surface area contributed by atoms with E-state index in [0.29, 0.717) is 29.9 Å². The zero-order valence-corrected chi connectivity index (χ0v) is 21.0. The van der Waals surface area contributed by atoms with Gasteiger partial charge in [0.15, 0.2) is 15.0 Å². The van der Waals surface area contributed by atoms with E-state index >= 15 is 0 Å². The number of amides is 2. The number of anilines is 1. The van der Waals surface area contributed by atoms with Gasteiger partial charge in [-0.05, 0) is 44.2 Å². The maximum Gasteiger partial charge on any atom is 0.258 e.